The fourth-order valence-electron chi connectivity index (χ4n) is 5.06. The Bertz CT molecular complexity index is 1560. The number of carbonyl (C=O) groups is 4. The summed E-state index contributed by atoms with van der Waals surface area (Å²) >= 11 is 1.32. The number of alkyl carbamates (subject to hydrolysis) is 2. The van der Waals surface area contributed by atoms with Gasteiger partial charge in [-0.3, -0.25) is 0 Å². The third-order valence-corrected chi connectivity index (χ3v) is 8.33. The van der Waals surface area contributed by atoms with Gasteiger partial charge in [-0.25, -0.2) is 19.2 Å². The van der Waals surface area contributed by atoms with Gasteiger partial charge in [0.15, 0.2) is 0 Å². The van der Waals surface area contributed by atoms with Gasteiger partial charge in [-0.1, -0.05) is 79.4 Å². The Labute approximate surface area is 283 Å². The predicted octanol–water partition coefficient (Wildman–Crippen LogP) is 5.69. The van der Waals surface area contributed by atoms with E-state index in [1.54, 1.807) is 37.3 Å². The summed E-state index contributed by atoms with van der Waals surface area (Å²) in [5, 5.41) is 14.6. The van der Waals surface area contributed by atoms with E-state index in [2.05, 4.69) is 17.2 Å². The lowest BCUT2D eigenvalue weighted by Gasteiger charge is -2.17. The molecular formula is C36H38N2O9S. The van der Waals surface area contributed by atoms with Gasteiger partial charge in [0.25, 0.3) is 0 Å². The number of aliphatic carboxylic acids is 1. The average Bonchev–Trinajstić information content (AvgIpc) is 3.41. The lowest BCUT2D eigenvalue weighted by molar-refractivity contribution is -0.140. The Morgan fingerprint density at radius 2 is 1.52 bits per heavy atom. The SMILES string of the molecule is C=CCOC(=O)NC(Cc1ccc(OCCSCC(NC(=O)OCC2c3ccccc3-c3ccccc32)C(=O)O)cc1)C(=O)OC=CC. The molecule has 0 radical (unpaired) electrons. The average molecular weight is 675 g/mol. The van der Waals surface area contributed by atoms with Gasteiger partial charge in [-0.2, -0.15) is 11.8 Å². The first-order valence-corrected chi connectivity index (χ1v) is 16.5. The van der Waals surface area contributed by atoms with Gasteiger partial charge >= 0.3 is 24.1 Å². The smallest absolute Gasteiger partial charge is 0.408 e. The summed E-state index contributed by atoms with van der Waals surface area (Å²) in [6.07, 6.45) is 2.80. The minimum absolute atomic E-state index is 0.00116. The lowest BCUT2D eigenvalue weighted by Crippen LogP contribution is -2.43. The number of amides is 2. The number of allylic oxidation sites excluding steroid dienone is 1. The van der Waals surface area contributed by atoms with E-state index in [1.165, 1.54) is 24.1 Å². The van der Waals surface area contributed by atoms with Crippen LogP contribution in [0.5, 0.6) is 5.75 Å². The summed E-state index contributed by atoms with van der Waals surface area (Å²) in [6, 6.07) is 20.8. The van der Waals surface area contributed by atoms with Crippen LogP contribution in [0.1, 0.15) is 29.5 Å². The highest BCUT2D eigenvalue weighted by Crippen LogP contribution is 2.44. The van der Waals surface area contributed by atoms with E-state index in [1.807, 2.05) is 48.5 Å². The van der Waals surface area contributed by atoms with Crippen molar-refractivity contribution in [3.05, 3.63) is 114 Å². The number of thioether (sulfide) groups is 1. The maximum absolute atomic E-state index is 12.6. The molecule has 3 aromatic carbocycles. The van der Waals surface area contributed by atoms with E-state index < -0.39 is 36.2 Å². The number of carboxylic acids is 1. The number of nitrogens with one attached hydrogen (secondary N) is 2. The number of esters is 1. The summed E-state index contributed by atoms with van der Waals surface area (Å²) < 4.78 is 21.2. The molecule has 2 atom stereocenters. The highest BCUT2D eigenvalue weighted by molar-refractivity contribution is 7.99. The lowest BCUT2D eigenvalue weighted by atomic mass is 9.98. The van der Waals surface area contributed by atoms with E-state index in [-0.39, 0.29) is 37.9 Å². The summed E-state index contributed by atoms with van der Waals surface area (Å²) in [5.74, 6) is -0.784. The molecule has 0 saturated carbocycles. The van der Waals surface area contributed by atoms with Crippen molar-refractivity contribution in [1.29, 1.82) is 0 Å². The van der Waals surface area contributed by atoms with Crippen LogP contribution in [0.4, 0.5) is 9.59 Å². The molecule has 0 spiro atoms. The third-order valence-electron chi connectivity index (χ3n) is 7.31. The maximum Gasteiger partial charge on any atom is 0.408 e. The summed E-state index contributed by atoms with van der Waals surface area (Å²) in [6.45, 7) is 5.56. The Kier molecular flexibility index (Phi) is 13.5. The highest BCUT2D eigenvalue weighted by Gasteiger charge is 2.30. The standard InChI is InChI=1S/C36H38N2O9S/c1-3-17-45-34(41)31(37-35(42)46-18-4-2)21-24-13-15-25(16-14-24)44-19-20-48-23-32(33(39)40)38-36(43)47-22-30-28-11-7-5-9-26(28)27-10-6-8-12-29(27)30/h3-17,30-32H,2,18-23H2,1H3,(H,37,42)(H,38,43)(H,39,40). The fourth-order valence-corrected chi connectivity index (χ4v) is 5.89. The molecule has 3 aromatic rings. The van der Waals surface area contributed by atoms with Crippen molar-refractivity contribution in [3.63, 3.8) is 0 Å². The van der Waals surface area contributed by atoms with Crippen LogP contribution in [0.15, 0.2) is 97.8 Å². The summed E-state index contributed by atoms with van der Waals surface area (Å²) in [7, 11) is 0. The fraction of sp³-hybridized carbons (Fsp3) is 0.278. The van der Waals surface area contributed by atoms with Crippen LogP contribution in [-0.4, -0.2) is 72.6 Å². The number of carboxylic acid groups (broad SMARTS) is 1. The number of hydrogen-bond acceptors (Lipinski definition) is 9. The van der Waals surface area contributed by atoms with Gasteiger partial charge in [0.05, 0.1) is 12.9 Å². The second-order valence-electron chi connectivity index (χ2n) is 10.6. The molecule has 1 aliphatic carbocycles. The highest BCUT2D eigenvalue weighted by atomic mass is 32.2. The molecule has 0 heterocycles. The molecule has 0 aromatic heterocycles. The Morgan fingerprint density at radius 3 is 2.15 bits per heavy atom. The van der Waals surface area contributed by atoms with Crippen LogP contribution in [0, 0.1) is 0 Å². The number of hydrogen-bond donors (Lipinski definition) is 3. The van der Waals surface area contributed by atoms with Gasteiger partial charge < -0.3 is 34.7 Å². The molecule has 3 N–H and O–H groups in total. The Morgan fingerprint density at radius 1 is 0.896 bits per heavy atom. The van der Waals surface area contributed by atoms with Gasteiger partial charge in [0.1, 0.15) is 31.0 Å². The van der Waals surface area contributed by atoms with Crippen molar-refractivity contribution in [2.75, 3.05) is 31.3 Å². The molecule has 11 nitrogen and oxygen atoms in total. The molecular weight excluding hydrogens is 636 g/mol. The third kappa shape index (κ3) is 10.1. The zero-order chi connectivity index (χ0) is 34.3. The molecule has 252 valence electrons. The van der Waals surface area contributed by atoms with Crippen molar-refractivity contribution in [2.45, 2.75) is 31.3 Å². The first kappa shape index (κ1) is 35.6. The van der Waals surface area contributed by atoms with Gasteiger partial charge in [0.2, 0.25) is 0 Å². The van der Waals surface area contributed by atoms with E-state index >= 15 is 0 Å². The maximum atomic E-state index is 12.6. The molecule has 1 aliphatic rings. The number of benzene rings is 3. The van der Waals surface area contributed by atoms with Crippen molar-refractivity contribution in [3.8, 4) is 16.9 Å². The Hall–Kier alpha value is -5.23. The monoisotopic (exact) mass is 674 g/mol. The van der Waals surface area contributed by atoms with Crippen molar-refractivity contribution in [2.24, 2.45) is 0 Å². The van der Waals surface area contributed by atoms with Crippen molar-refractivity contribution in [1.82, 2.24) is 10.6 Å². The minimum atomic E-state index is -1.16. The van der Waals surface area contributed by atoms with Crippen LogP contribution in [0.2, 0.25) is 0 Å². The summed E-state index contributed by atoms with van der Waals surface area (Å²) in [5.41, 5.74) is 5.09. The minimum Gasteiger partial charge on any atom is -0.493 e. The molecule has 48 heavy (non-hydrogen) atoms. The van der Waals surface area contributed by atoms with Crippen molar-refractivity contribution < 1.29 is 43.2 Å². The number of rotatable bonds is 17. The largest absolute Gasteiger partial charge is 0.493 e. The van der Waals surface area contributed by atoms with Crippen LogP contribution in [0.25, 0.3) is 11.1 Å². The topological polar surface area (TPSA) is 149 Å². The first-order chi connectivity index (χ1) is 23.3. The predicted molar refractivity (Wildman–Crippen MR) is 182 cm³/mol. The zero-order valence-corrected chi connectivity index (χ0v) is 27.3. The second kappa shape index (κ2) is 18.2. The summed E-state index contributed by atoms with van der Waals surface area (Å²) in [4.78, 5) is 48.9. The second-order valence-corrected chi connectivity index (χ2v) is 11.8. The number of fused-ring (bicyclic) bond motifs is 3. The molecule has 0 fully saturated rings. The number of ether oxygens (including phenoxy) is 4. The molecule has 0 saturated heterocycles. The van der Waals surface area contributed by atoms with E-state index in [0.717, 1.165) is 27.8 Å². The van der Waals surface area contributed by atoms with Crippen LogP contribution in [-0.2, 0) is 30.2 Å². The molecule has 0 aliphatic heterocycles. The normalized spacial score (nSPS) is 13.0. The van der Waals surface area contributed by atoms with E-state index in [4.69, 9.17) is 18.9 Å². The van der Waals surface area contributed by atoms with Gasteiger partial charge in [0, 0.05) is 23.8 Å². The molecule has 4 rings (SSSR count). The van der Waals surface area contributed by atoms with Gasteiger partial charge in [-0.15, -0.1) is 0 Å². The Balaban J connectivity index is 1.20. The van der Waals surface area contributed by atoms with Crippen LogP contribution >= 0.6 is 11.8 Å². The zero-order valence-electron chi connectivity index (χ0n) is 26.5. The number of carbonyl (C=O) groups excluding carboxylic acids is 3. The van der Waals surface area contributed by atoms with Crippen molar-refractivity contribution >= 4 is 35.9 Å². The van der Waals surface area contributed by atoms with Gasteiger partial charge in [-0.05, 0) is 46.9 Å². The molecule has 2 unspecified atom stereocenters. The van der Waals surface area contributed by atoms with Crippen LogP contribution < -0.4 is 15.4 Å². The van der Waals surface area contributed by atoms with Crippen LogP contribution in [0.3, 0.4) is 0 Å². The molecule has 2 amide bonds. The molecule has 12 heteroatoms. The van der Waals surface area contributed by atoms with E-state index in [0.29, 0.717) is 11.5 Å². The van der Waals surface area contributed by atoms with E-state index in [9.17, 15) is 24.3 Å². The molecule has 0 bridgehead atoms. The quantitative estimate of drug-likeness (QED) is 0.0536. The first-order valence-electron chi connectivity index (χ1n) is 15.3.